The zero-order chi connectivity index (χ0) is 11.5. The van der Waals surface area contributed by atoms with Gasteiger partial charge in [0.1, 0.15) is 0 Å². The molecule has 0 radical (unpaired) electrons. The SMILES string of the molecule is CC(C)Cc1nc(N)sc1-c1ccccc1. The van der Waals surface area contributed by atoms with Crippen molar-refractivity contribution in [3.63, 3.8) is 0 Å². The summed E-state index contributed by atoms with van der Waals surface area (Å²) in [5, 5.41) is 0.662. The molecule has 0 saturated heterocycles. The molecule has 2 aromatic rings. The normalized spacial score (nSPS) is 10.9. The number of benzene rings is 1. The van der Waals surface area contributed by atoms with Gasteiger partial charge in [-0.15, -0.1) is 0 Å². The number of nitrogen functional groups attached to an aromatic ring is 1. The molecule has 1 heterocycles. The molecule has 2 N–H and O–H groups in total. The fourth-order valence-corrected chi connectivity index (χ4v) is 2.58. The van der Waals surface area contributed by atoms with Gasteiger partial charge in [0.2, 0.25) is 0 Å². The molecule has 1 aromatic carbocycles. The maximum absolute atomic E-state index is 5.80. The molecule has 0 aliphatic carbocycles. The summed E-state index contributed by atoms with van der Waals surface area (Å²) in [5.74, 6) is 0.601. The van der Waals surface area contributed by atoms with E-state index in [0.717, 1.165) is 12.1 Å². The van der Waals surface area contributed by atoms with Gasteiger partial charge in [-0.05, 0) is 17.9 Å². The molecular formula is C13H16N2S. The molecule has 0 spiro atoms. The van der Waals surface area contributed by atoms with Gasteiger partial charge in [-0.3, -0.25) is 0 Å². The Kier molecular flexibility index (Phi) is 3.25. The number of nitrogens with zero attached hydrogens (tertiary/aromatic N) is 1. The molecule has 1 aromatic heterocycles. The predicted octanol–water partition coefficient (Wildman–Crippen LogP) is 3.59. The van der Waals surface area contributed by atoms with Crippen molar-refractivity contribution < 1.29 is 0 Å². The summed E-state index contributed by atoms with van der Waals surface area (Å²) in [6.07, 6.45) is 0.984. The van der Waals surface area contributed by atoms with Crippen LogP contribution in [0.5, 0.6) is 0 Å². The predicted molar refractivity (Wildman–Crippen MR) is 70.5 cm³/mol. The maximum Gasteiger partial charge on any atom is 0.180 e. The zero-order valence-corrected chi connectivity index (χ0v) is 10.4. The highest BCUT2D eigenvalue weighted by atomic mass is 32.1. The lowest BCUT2D eigenvalue weighted by Gasteiger charge is -2.04. The Morgan fingerprint density at radius 2 is 1.94 bits per heavy atom. The lowest BCUT2D eigenvalue weighted by molar-refractivity contribution is 0.639. The molecule has 3 heteroatoms. The Balaban J connectivity index is 2.40. The first-order chi connectivity index (χ1) is 7.66. The van der Waals surface area contributed by atoms with Gasteiger partial charge >= 0.3 is 0 Å². The van der Waals surface area contributed by atoms with Gasteiger partial charge in [-0.25, -0.2) is 4.98 Å². The Bertz CT molecular complexity index is 460. The molecule has 2 rings (SSSR count). The van der Waals surface area contributed by atoms with Crippen LogP contribution in [0.1, 0.15) is 19.5 Å². The summed E-state index contributed by atoms with van der Waals surface area (Å²) < 4.78 is 0. The number of hydrogen-bond donors (Lipinski definition) is 1. The number of rotatable bonds is 3. The van der Waals surface area contributed by atoms with E-state index in [-0.39, 0.29) is 0 Å². The van der Waals surface area contributed by atoms with E-state index >= 15 is 0 Å². The quantitative estimate of drug-likeness (QED) is 0.878. The molecule has 0 fully saturated rings. The summed E-state index contributed by atoms with van der Waals surface area (Å²) in [6, 6.07) is 10.3. The summed E-state index contributed by atoms with van der Waals surface area (Å²) in [5.41, 5.74) is 8.14. The topological polar surface area (TPSA) is 38.9 Å². The molecule has 0 atom stereocenters. The van der Waals surface area contributed by atoms with Crippen LogP contribution in [-0.4, -0.2) is 4.98 Å². The van der Waals surface area contributed by atoms with Gasteiger partial charge in [-0.1, -0.05) is 55.5 Å². The van der Waals surface area contributed by atoms with Crippen LogP contribution < -0.4 is 5.73 Å². The van der Waals surface area contributed by atoms with Crippen molar-refractivity contribution in [2.75, 3.05) is 5.73 Å². The lowest BCUT2D eigenvalue weighted by Crippen LogP contribution is -1.96. The van der Waals surface area contributed by atoms with Gasteiger partial charge in [-0.2, -0.15) is 0 Å². The van der Waals surface area contributed by atoms with Crippen LogP contribution in [0.15, 0.2) is 30.3 Å². The van der Waals surface area contributed by atoms with Crippen molar-refractivity contribution in [1.82, 2.24) is 4.98 Å². The number of anilines is 1. The summed E-state index contributed by atoms with van der Waals surface area (Å²) >= 11 is 1.58. The number of aromatic nitrogens is 1. The Labute approximate surface area is 100 Å². The Morgan fingerprint density at radius 1 is 1.25 bits per heavy atom. The fraction of sp³-hybridized carbons (Fsp3) is 0.308. The minimum atomic E-state index is 0.601. The van der Waals surface area contributed by atoms with E-state index in [1.807, 2.05) is 18.2 Å². The smallest absolute Gasteiger partial charge is 0.180 e. The van der Waals surface area contributed by atoms with Gasteiger partial charge in [0, 0.05) is 0 Å². The van der Waals surface area contributed by atoms with Crippen LogP contribution in [0, 0.1) is 5.92 Å². The molecule has 0 aliphatic rings. The van der Waals surface area contributed by atoms with Crippen LogP contribution in [0.4, 0.5) is 5.13 Å². The Hall–Kier alpha value is -1.35. The molecule has 0 amide bonds. The third-order valence-electron chi connectivity index (χ3n) is 2.35. The molecule has 0 unspecified atom stereocenters. The first-order valence-corrected chi connectivity index (χ1v) is 6.29. The molecule has 84 valence electrons. The van der Waals surface area contributed by atoms with Crippen molar-refractivity contribution in [2.45, 2.75) is 20.3 Å². The fourth-order valence-electron chi connectivity index (χ4n) is 1.71. The van der Waals surface area contributed by atoms with Crippen molar-refractivity contribution >= 4 is 16.5 Å². The van der Waals surface area contributed by atoms with E-state index in [9.17, 15) is 0 Å². The first-order valence-electron chi connectivity index (χ1n) is 5.47. The largest absolute Gasteiger partial charge is 0.375 e. The van der Waals surface area contributed by atoms with Crippen molar-refractivity contribution in [1.29, 1.82) is 0 Å². The monoisotopic (exact) mass is 232 g/mol. The highest BCUT2D eigenvalue weighted by molar-refractivity contribution is 7.18. The van der Waals surface area contributed by atoms with Crippen molar-refractivity contribution in [3.05, 3.63) is 36.0 Å². The van der Waals surface area contributed by atoms with Gasteiger partial charge in [0.05, 0.1) is 10.6 Å². The highest BCUT2D eigenvalue weighted by Crippen LogP contribution is 2.32. The lowest BCUT2D eigenvalue weighted by atomic mass is 10.0. The molecule has 0 aliphatic heterocycles. The molecular weight excluding hydrogens is 216 g/mol. The van der Waals surface area contributed by atoms with E-state index in [4.69, 9.17) is 5.73 Å². The third kappa shape index (κ3) is 2.42. The summed E-state index contributed by atoms with van der Waals surface area (Å²) in [4.78, 5) is 5.64. The van der Waals surface area contributed by atoms with E-state index in [2.05, 4.69) is 31.0 Å². The molecule has 0 saturated carbocycles. The van der Waals surface area contributed by atoms with E-state index < -0.39 is 0 Å². The minimum Gasteiger partial charge on any atom is -0.375 e. The molecule has 16 heavy (non-hydrogen) atoms. The van der Waals surface area contributed by atoms with E-state index in [1.165, 1.54) is 10.4 Å². The van der Waals surface area contributed by atoms with Crippen molar-refractivity contribution in [2.24, 2.45) is 5.92 Å². The zero-order valence-electron chi connectivity index (χ0n) is 9.60. The highest BCUT2D eigenvalue weighted by Gasteiger charge is 2.12. The first kappa shape index (κ1) is 11.1. The number of nitrogens with two attached hydrogens (primary N) is 1. The summed E-state index contributed by atoms with van der Waals surface area (Å²) in [7, 11) is 0. The number of thiazole rings is 1. The summed E-state index contributed by atoms with van der Waals surface area (Å²) in [6.45, 7) is 4.40. The van der Waals surface area contributed by atoms with E-state index in [0.29, 0.717) is 11.0 Å². The molecule has 0 bridgehead atoms. The number of hydrogen-bond acceptors (Lipinski definition) is 3. The second-order valence-electron chi connectivity index (χ2n) is 4.29. The van der Waals surface area contributed by atoms with Crippen LogP contribution in [0.25, 0.3) is 10.4 Å². The standard InChI is InChI=1S/C13H16N2S/c1-9(2)8-11-12(16-13(14)15-11)10-6-4-3-5-7-10/h3-7,9H,8H2,1-2H3,(H2,14,15). The average molecular weight is 232 g/mol. The minimum absolute atomic E-state index is 0.601. The van der Waals surface area contributed by atoms with Crippen LogP contribution in [0.3, 0.4) is 0 Å². The Morgan fingerprint density at radius 3 is 2.56 bits per heavy atom. The van der Waals surface area contributed by atoms with Gasteiger partial charge < -0.3 is 5.73 Å². The van der Waals surface area contributed by atoms with Crippen LogP contribution in [-0.2, 0) is 6.42 Å². The van der Waals surface area contributed by atoms with Crippen LogP contribution >= 0.6 is 11.3 Å². The van der Waals surface area contributed by atoms with Gasteiger partial charge in [0.15, 0.2) is 5.13 Å². The molecule has 2 nitrogen and oxygen atoms in total. The maximum atomic E-state index is 5.80. The van der Waals surface area contributed by atoms with Gasteiger partial charge in [0.25, 0.3) is 0 Å². The average Bonchev–Trinajstić information content (AvgIpc) is 2.60. The third-order valence-corrected chi connectivity index (χ3v) is 3.33. The second kappa shape index (κ2) is 4.66. The van der Waals surface area contributed by atoms with Crippen LogP contribution in [0.2, 0.25) is 0 Å². The van der Waals surface area contributed by atoms with E-state index in [1.54, 1.807) is 11.3 Å². The second-order valence-corrected chi connectivity index (χ2v) is 5.32. The van der Waals surface area contributed by atoms with Crippen molar-refractivity contribution in [3.8, 4) is 10.4 Å².